The van der Waals surface area contributed by atoms with E-state index in [0.29, 0.717) is 11.4 Å². The topological polar surface area (TPSA) is 65.1 Å². The molecular weight excluding hydrogens is 250 g/mol. The molecule has 0 bridgehead atoms. The molecule has 0 saturated carbocycles. The van der Waals surface area contributed by atoms with Crippen molar-refractivity contribution >= 4 is 17.9 Å². The highest BCUT2D eigenvalue weighted by Crippen LogP contribution is 2.20. The SMILES string of the molecule is CCOC(=O)N(C(=O)OCC)c1ccc(OC)cc1. The monoisotopic (exact) mass is 267 g/mol. The van der Waals surface area contributed by atoms with Gasteiger partial charge in [0.2, 0.25) is 0 Å². The number of hydrogen-bond donors (Lipinski definition) is 0. The lowest BCUT2D eigenvalue weighted by atomic mass is 10.3. The number of methoxy groups -OCH3 is 1. The lowest BCUT2D eigenvalue weighted by Crippen LogP contribution is -2.37. The standard InChI is InChI=1S/C13H17NO5/c1-4-18-12(15)14(13(16)19-5-2)10-6-8-11(17-3)9-7-10/h6-9H,4-5H2,1-3H3. The first-order chi connectivity index (χ1) is 9.13. The van der Waals surface area contributed by atoms with Crippen molar-refractivity contribution in [1.82, 2.24) is 0 Å². The summed E-state index contributed by atoms with van der Waals surface area (Å²) < 4.78 is 14.7. The molecule has 0 atom stereocenters. The summed E-state index contributed by atoms with van der Waals surface area (Å²) in [5.74, 6) is 0.622. The zero-order valence-electron chi connectivity index (χ0n) is 11.2. The highest BCUT2D eigenvalue weighted by atomic mass is 16.6. The van der Waals surface area contributed by atoms with Crippen molar-refractivity contribution in [3.8, 4) is 5.75 Å². The van der Waals surface area contributed by atoms with E-state index in [2.05, 4.69) is 0 Å². The highest BCUT2D eigenvalue weighted by Gasteiger charge is 2.26. The van der Waals surface area contributed by atoms with Crippen LogP contribution in [0.2, 0.25) is 0 Å². The van der Waals surface area contributed by atoms with Crippen molar-refractivity contribution in [2.45, 2.75) is 13.8 Å². The van der Waals surface area contributed by atoms with E-state index in [9.17, 15) is 9.59 Å². The Balaban J connectivity index is 3.00. The van der Waals surface area contributed by atoms with Gasteiger partial charge < -0.3 is 14.2 Å². The molecule has 0 unspecified atom stereocenters. The van der Waals surface area contributed by atoms with Crippen LogP contribution in [0.25, 0.3) is 0 Å². The number of carbonyl (C=O) groups excluding carboxylic acids is 2. The van der Waals surface area contributed by atoms with Crippen LogP contribution in [0.4, 0.5) is 15.3 Å². The molecular formula is C13H17NO5. The number of carbonyl (C=O) groups is 2. The zero-order valence-corrected chi connectivity index (χ0v) is 11.2. The van der Waals surface area contributed by atoms with Crippen LogP contribution in [0.3, 0.4) is 0 Å². The molecule has 104 valence electrons. The minimum atomic E-state index is -0.772. The number of benzene rings is 1. The van der Waals surface area contributed by atoms with E-state index in [1.165, 1.54) is 7.11 Å². The number of imide groups is 1. The molecule has 19 heavy (non-hydrogen) atoms. The van der Waals surface area contributed by atoms with Gasteiger partial charge in [0.15, 0.2) is 0 Å². The molecule has 0 aliphatic rings. The van der Waals surface area contributed by atoms with Gasteiger partial charge in [0.25, 0.3) is 0 Å². The van der Waals surface area contributed by atoms with Gasteiger partial charge in [-0.2, -0.15) is 4.90 Å². The van der Waals surface area contributed by atoms with E-state index in [1.807, 2.05) is 0 Å². The van der Waals surface area contributed by atoms with Gasteiger partial charge >= 0.3 is 12.2 Å². The Bertz CT molecular complexity index is 411. The molecule has 6 heteroatoms. The molecule has 0 spiro atoms. The van der Waals surface area contributed by atoms with Crippen LogP contribution in [-0.4, -0.2) is 32.5 Å². The molecule has 0 saturated heterocycles. The lowest BCUT2D eigenvalue weighted by molar-refractivity contribution is 0.140. The van der Waals surface area contributed by atoms with Crippen molar-refractivity contribution in [2.24, 2.45) is 0 Å². The summed E-state index contributed by atoms with van der Waals surface area (Å²) in [5, 5.41) is 0. The average molecular weight is 267 g/mol. The normalized spacial score (nSPS) is 9.63. The minimum absolute atomic E-state index is 0.172. The molecule has 0 heterocycles. The fraction of sp³-hybridized carbons (Fsp3) is 0.385. The van der Waals surface area contributed by atoms with Gasteiger partial charge in [0.1, 0.15) is 5.75 Å². The summed E-state index contributed by atoms with van der Waals surface area (Å²) >= 11 is 0. The highest BCUT2D eigenvalue weighted by molar-refractivity contribution is 6.09. The van der Waals surface area contributed by atoms with Crippen molar-refractivity contribution in [1.29, 1.82) is 0 Å². The molecule has 0 N–H and O–H groups in total. The van der Waals surface area contributed by atoms with E-state index in [1.54, 1.807) is 38.1 Å². The number of rotatable bonds is 4. The largest absolute Gasteiger partial charge is 0.497 e. The maximum atomic E-state index is 11.8. The predicted octanol–water partition coefficient (Wildman–Crippen LogP) is 2.81. The van der Waals surface area contributed by atoms with Crippen molar-refractivity contribution in [3.05, 3.63) is 24.3 Å². The first-order valence-corrected chi connectivity index (χ1v) is 5.91. The lowest BCUT2D eigenvalue weighted by Gasteiger charge is -2.19. The Morgan fingerprint density at radius 2 is 1.47 bits per heavy atom. The zero-order chi connectivity index (χ0) is 14.3. The maximum absolute atomic E-state index is 11.8. The summed E-state index contributed by atoms with van der Waals surface area (Å²) in [4.78, 5) is 24.4. The van der Waals surface area contributed by atoms with E-state index >= 15 is 0 Å². The molecule has 0 aromatic heterocycles. The number of anilines is 1. The molecule has 1 aromatic carbocycles. The molecule has 2 amide bonds. The third-order valence-electron chi connectivity index (χ3n) is 2.23. The van der Waals surface area contributed by atoms with Crippen LogP contribution in [0.15, 0.2) is 24.3 Å². The van der Waals surface area contributed by atoms with E-state index in [4.69, 9.17) is 14.2 Å². The van der Waals surface area contributed by atoms with Crippen LogP contribution < -0.4 is 9.64 Å². The van der Waals surface area contributed by atoms with E-state index in [0.717, 1.165) is 4.90 Å². The third-order valence-corrected chi connectivity index (χ3v) is 2.23. The Morgan fingerprint density at radius 1 is 1.00 bits per heavy atom. The van der Waals surface area contributed by atoms with Crippen LogP contribution in [0.5, 0.6) is 5.75 Å². The first-order valence-electron chi connectivity index (χ1n) is 5.91. The fourth-order valence-corrected chi connectivity index (χ4v) is 1.39. The molecule has 0 radical (unpaired) electrons. The summed E-state index contributed by atoms with van der Waals surface area (Å²) in [6.07, 6.45) is -1.54. The molecule has 0 aliphatic heterocycles. The molecule has 6 nitrogen and oxygen atoms in total. The summed E-state index contributed by atoms with van der Waals surface area (Å²) in [6.45, 7) is 3.67. The van der Waals surface area contributed by atoms with E-state index < -0.39 is 12.2 Å². The van der Waals surface area contributed by atoms with Crippen molar-refractivity contribution in [2.75, 3.05) is 25.2 Å². The van der Waals surface area contributed by atoms with Gasteiger partial charge in [-0.1, -0.05) is 0 Å². The molecule has 0 aliphatic carbocycles. The fourth-order valence-electron chi connectivity index (χ4n) is 1.39. The van der Waals surface area contributed by atoms with Crippen LogP contribution >= 0.6 is 0 Å². The first kappa shape index (κ1) is 14.8. The van der Waals surface area contributed by atoms with Gasteiger partial charge in [-0.25, -0.2) is 9.59 Å². The third kappa shape index (κ3) is 3.87. The van der Waals surface area contributed by atoms with Gasteiger partial charge in [-0.15, -0.1) is 0 Å². The summed E-state index contributed by atoms with van der Waals surface area (Å²) in [5.41, 5.74) is 0.359. The van der Waals surface area contributed by atoms with Gasteiger partial charge in [0.05, 0.1) is 26.0 Å². The second-order valence-electron chi connectivity index (χ2n) is 3.43. The Kier molecular flexibility index (Phi) is 5.66. The number of nitrogens with zero attached hydrogens (tertiary/aromatic N) is 1. The quantitative estimate of drug-likeness (QED) is 0.839. The Morgan fingerprint density at radius 3 is 1.84 bits per heavy atom. The predicted molar refractivity (Wildman–Crippen MR) is 69.5 cm³/mol. The Labute approximate surface area is 111 Å². The second kappa shape index (κ2) is 7.25. The van der Waals surface area contributed by atoms with Crippen LogP contribution in [0, 0.1) is 0 Å². The number of hydrogen-bond acceptors (Lipinski definition) is 5. The minimum Gasteiger partial charge on any atom is -0.497 e. The second-order valence-corrected chi connectivity index (χ2v) is 3.43. The van der Waals surface area contributed by atoms with E-state index in [-0.39, 0.29) is 13.2 Å². The van der Waals surface area contributed by atoms with Gasteiger partial charge in [-0.3, -0.25) is 0 Å². The molecule has 0 fully saturated rings. The smallest absolute Gasteiger partial charge is 0.423 e. The van der Waals surface area contributed by atoms with Crippen molar-refractivity contribution in [3.63, 3.8) is 0 Å². The van der Waals surface area contributed by atoms with Crippen molar-refractivity contribution < 1.29 is 23.8 Å². The maximum Gasteiger partial charge on any atom is 0.423 e. The number of amides is 2. The summed E-state index contributed by atoms with van der Waals surface area (Å²) in [6, 6.07) is 6.43. The Hall–Kier alpha value is -2.24. The summed E-state index contributed by atoms with van der Waals surface area (Å²) in [7, 11) is 1.53. The van der Waals surface area contributed by atoms with Crippen LogP contribution in [0.1, 0.15) is 13.8 Å². The average Bonchev–Trinajstić information content (AvgIpc) is 2.40. The number of ether oxygens (including phenoxy) is 3. The van der Waals surface area contributed by atoms with Crippen LogP contribution in [-0.2, 0) is 9.47 Å². The molecule has 1 aromatic rings. The van der Waals surface area contributed by atoms with Gasteiger partial charge in [-0.05, 0) is 38.1 Å². The van der Waals surface area contributed by atoms with Gasteiger partial charge in [0, 0.05) is 0 Å². The molecule has 1 rings (SSSR count).